The summed E-state index contributed by atoms with van der Waals surface area (Å²) in [6, 6.07) is 3.76. The van der Waals surface area contributed by atoms with Crippen molar-refractivity contribution in [1.29, 1.82) is 0 Å². The topological polar surface area (TPSA) is 57.4 Å². The number of thiazole rings is 1. The van der Waals surface area contributed by atoms with Crippen molar-refractivity contribution in [3.8, 4) is 22.8 Å². The van der Waals surface area contributed by atoms with Crippen LogP contribution in [0.2, 0.25) is 0 Å². The third kappa shape index (κ3) is 2.91. The molecule has 0 amide bonds. The monoisotopic (exact) mass is 356 g/mol. The number of benzene rings is 1. The molecule has 0 saturated heterocycles. The Balaban J connectivity index is 2.51. The maximum absolute atomic E-state index is 6.10. The molecule has 1 aromatic carbocycles. The summed E-state index contributed by atoms with van der Waals surface area (Å²) in [5.41, 5.74) is 7.81. The van der Waals surface area contributed by atoms with Gasteiger partial charge < -0.3 is 15.2 Å². The van der Waals surface area contributed by atoms with Crippen LogP contribution in [0, 0.1) is 0 Å². The molecule has 1 aromatic heterocycles. The second-order valence-electron chi connectivity index (χ2n) is 4.26. The van der Waals surface area contributed by atoms with E-state index in [0.29, 0.717) is 11.5 Å². The van der Waals surface area contributed by atoms with Gasteiger partial charge in [0, 0.05) is 10.0 Å². The SMILES string of the molecule is CCCc1nc(-c2cc(OC)c(OC)cc2Br)c(N)s1. The van der Waals surface area contributed by atoms with Gasteiger partial charge in [0.1, 0.15) is 10.7 Å². The van der Waals surface area contributed by atoms with Gasteiger partial charge in [0.25, 0.3) is 0 Å². The highest BCUT2D eigenvalue weighted by Gasteiger charge is 2.16. The number of halogens is 1. The number of hydrogen-bond donors (Lipinski definition) is 1. The van der Waals surface area contributed by atoms with Gasteiger partial charge in [-0.2, -0.15) is 0 Å². The first-order valence-corrected chi connectivity index (χ1v) is 7.88. The number of nitrogens with zero attached hydrogens (tertiary/aromatic N) is 1. The van der Waals surface area contributed by atoms with Crippen LogP contribution in [-0.4, -0.2) is 19.2 Å². The number of nitrogens with two attached hydrogens (primary N) is 1. The molecule has 0 bridgehead atoms. The van der Waals surface area contributed by atoms with Crippen LogP contribution in [0.25, 0.3) is 11.3 Å². The smallest absolute Gasteiger partial charge is 0.161 e. The molecule has 6 heteroatoms. The molecule has 0 spiro atoms. The van der Waals surface area contributed by atoms with Crippen LogP contribution >= 0.6 is 27.3 Å². The number of nitrogen functional groups attached to an aromatic ring is 1. The normalized spacial score (nSPS) is 10.6. The van der Waals surface area contributed by atoms with Crippen molar-refractivity contribution in [3.63, 3.8) is 0 Å². The van der Waals surface area contributed by atoms with Crippen LogP contribution in [-0.2, 0) is 6.42 Å². The molecule has 0 saturated carbocycles. The summed E-state index contributed by atoms with van der Waals surface area (Å²) in [6.45, 7) is 2.13. The predicted molar refractivity (Wildman–Crippen MR) is 86.8 cm³/mol. The molecule has 0 unspecified atom stereocenters. The van der Waals surface area contributed by atoms with E-state index in [-0.39, 0.29) is 0 Å². The largest absolute Gasteiger partial charge is 0.493 e. The van der Waals surface area contributed by atoms with E-state index in [1.807, 2.05) is 12.1 Å². The molecule has 0 fully saturated rings. The highest BCUT2D eigenvalue weighted by molar-refractivity contribution is 9.10. The van der Waals surface area contributed by atoms with Gasteiger partial charge in [-0.25, -0.2) is 4.98 Å². The van der Waals surface area contributed by atoms with Crippen LogP contribution < -0.4 is 15.2 Å². The van der Waals surface area contributed by atoms with Crippen molar-refractivity contribution in [3.05, 3.63) is 21.6 Å². The zero-order valence-electron chi connectivity index (χ0n) is 11.7. The van der Waals surface area contributed by atoms with Gasteiger partial charge in [-0.15, -0.1) is 11.3 Å². The quantitative estimate of drug-likeness (QED) is 0.874. The molecule has 4 nitrogen and oxygen atoms in total. The number of aryl methyl sites for hydroxylation is 1. The summed E-state index contributed by atoms with van der Waals surface area (Å²) in [5.74, 6) is 1.33. The highest BCUT2D eigenvalue weighted by atomic mass is 79.9. The highest BCUT2D eigenvalue weighted by Crippen LogP contribution is 2.41. The standard InChI is InChI=1S/C14H17BrN2O2S/c1-4-5-12-17-13(14(16)20-12)8-6-10(18-2)11(19-3)7-9(8)15/h6-7H,4-5,16H2,1-3H3. The number of hydrogen-bond acceptors (Lipinski definition) is 5. The van der Waals surface area contributed by atoms with Crippen molar-refractivity contribution >= 4 is 32.3 Å². The first kappa shape index (κ1) is 15.1. The number of rotatable bonds is 5. The molecule has 0 radical (unpaired) electrons. The fraction of sp³-hybridized carbons (Fsp3) is 0.357. The van der Waals surface area contributed by atoms with Crippen molar-refractivity contribution in [2.45, 2.75) is 19.8 Å². The Morgan fingerprint density at radius 1 is 1.25 bits per heavy atom. The zero-order valence-corrected chi connectivity index (χ0v) is 14.1. The Hall–Kier alpha value is -1.27. The lowest BCUT2D eigenvalue weighted by Crippen LogP contribution is -1.94. The fourth-order valence-corrected chi connectivity index (χ4v) is 3.39. The molecule has 108 valence electrons. The summed E-state index contributed by atoms with van der Waals surface area (Å²) in [5, 5.41) is 1.78. The summed E-state index contributed by atoms with van der Waals surface area (Å²) in [6.07, 6.45) is 2.00. The van der Waals surface area contributed by atoms with Crippen molar-refractivity contribution in [2.24, 2.45) is 0 Å². The fourth-order valence-electron chi connectivity index (χ4n) is 1.93. The molecule has 2 aromatic rings. The average molecular weight is 357 g/mol. The van der Waals surface area contributed by atoms with E-state index in [1.165, 1.54) is 11.3 Å². The molecular weight excluding hydrogens is 340 g/mol. The van der Waals surface area contributed by atoms with Gasteiger partial charge in [0.05, 0.1) is 19.2 Å². The van der Waals surface area contributed by atoms with Gasteiger partial charge in [-0.1, -0.05) is 6.92 Å². The molecule has 0 aliphatic rings. The van der Waals surface area contributed by atoms with Crippen LogP contribution in [0.5, 0.6) is 11.5 Å². The summed E-state index contributed by atoms with van der Waals surface area (Å²) < 4.78 is 11.5. The van der Waals surface area contributed by atoms with Gasteiger partial charge >= 0.3 is 0 Å². The minimum Gasteiger partial charge on any atom is -0.493 e. The minimum atomic E-state index is 0.662. The maximum atomic E-state index is 6.10. The van der Waals surface area contributed by atoms with Crippen LogP contribution in [0.4, 0.5) is 5.00 Å². The minimum absolute atomic E-state index is 0.662. The molecule has 2 rings (SSSR count). The van der Waals surface area contributed by atoms with Crippen molar-refractivity contribution in [1.82, 2.24) is 4.98 Å². The lowest BCUT2D eigenvalue weighted by atomic mass is 10.1. The third-order valence-electron chi connectivity index (χ3n) is 2.89. The van der Waals surface area contributed by atoms with E-state index < -0.39 is 0 Å². The van der Waals surface area contributed by atoms with Crippen LogP contribution in [0.1, 0.15) is 18.4 Å². The van der Waals surface area contributed by atoms with Gasteiger partial charge in [-0.05, 0) is 40.9 Å². The molecule has 0 aliphatic carbocycles. The van der Waals surface area contributed by atoms with E-state index in [9.17, 15) is 0 Å². The summed E-state index contributed by atoms with van der Waals surface area (Å²) in [7, 11) is 3.23. The van der Waals surface area contributed by atoms with Gasteiger partial charge in [0.15, 0.2) is 11.5 Å². The number of ether oxygens (including phenoxy) is 2. The van der Waals surface area contributed by atoms with E-state index in [0.717, 1.165) is 38.6 Å². The Morgan fingerprint density at radius 2 is 1.90 bits per heavy atom. The Labute approximate surface area is 131 Å². The lowest BCUT2D eigenvalue weighted by molar-refractivity contribution is 0.355. The van der Waals surface area contributed by atoms with Gasteiger partial charge in [-0.3, -0.25) is 0 Å². The molecule has 0 atom stereocenters. The lowest BCUT2D eigenvalue weighted by Gasteiger charge is -2.11. The van der Waals surface area contributed by atoms with E-state index >= 15 is 0 Å². The predicted octanol–water partition coefficient (Wildman–Crippen LogP) is 4.12. The number of methoxy groups -OCH3 is 2. The van der Waals surface area contributed by atoms with E-state index in [1.54, 1.807) is 14.2 Å². The van der Waals surface area contributed by atoms with E-state index in [2.05, 4.69) is 27.8 Å². The molecule has 2 N–H and O–H groups in total. The Morgan fingerprint density at radius 3 is 2.50 bits per heavy atom. The van der Waals surface area contributed by atoms with E-state index in [4.69, 9.17) is 15.2 Å². The Kier molecular flexibility index (Phi) is 4.88. The second-order valence-corrected chi connectivity index (χ2v) is 6.23. The maximum Gasteiger partial charge on any atom is 0.161 e. The number of aromatic nitrogens is 1. The third-order valence-corrected chi connectivity index (χ3v) is 4.49. The number of anilines is 1. The summed E-state index contributed by atoms with van der Waals surface area (Å²) >= 11 is 5.08. The molecule has 20 heavy (non-hydrogen) atoms. The second kappa shape index (κ2) is 6.45. The van der Waals surface area contributed by atoms with Crippen molar-refractivity contribution in [2.75, 3.05) is 20.0 Å². The molecule has 1 heterocycles. The molecular formula is C14H17BrN2O2S. The summed E-state index contributed by atoms with van der Waals surface area (Å²) in [4.78, 5) is 4.63. The average Bonchev–Trinajstić information content (AvgIpc) is 2.79. The Bertz CT molecular complexity index is 613. The van der Waals surface area contributed by atoms with Crippen molar-refractivity contribution < 1.29 is 9.47 Å². The van der Waals surface area contributed by atoms with Gasteiger partial charge in [0.2, 0.25) is 0 Å². The van der Waals surface area contributed by atoms with Crippen LogP contribution in [0.15, 0.2) is 16.6 Å². The first-order valence-electron chi connectivity index (χ1n) is 6.27. The molecule has 0 aliphatic heterocycles. The van der Waals surface area contributed by atoms with Crippen LogP contribution in [0.3, 0.4) is 0 Å². The first-order chi connectivity index (χ1) is 9.60. The zero-order chi connectivity index (χ0) is 14.7.